The van der Waals surface area contributed by atoms with Crippen molar-refractivity contribution in [3.8, 4) is 11.5 Å². The summed E-state index contributed by atoms with van der Waals surface area (Å²) in [5.74, 6) is 1.75. The van der Waals surface area contributed by atoms with Gasteiger partial charge in [0.25, 0.3) is 0 Å². The summed E-state index contributed by atoms with van der Waals surface area (Å²) in [6.45, 7) is -2.47. The van der Waals surface area contributed by atoms with E-state index < -0.39 is 6.61 Å². The Kier molecular flexibility index (Phi) is 8.43. The number of alkyl halides is 2. The first-order valence-electron chi connectivity index (χ1n) is 6.80. The van der Waals surface area contributed by atoms with E-state index in [4.69, 9.17) is 4.74 Å². The van der Waals surface area contributed by atoms with E-state index in [2.05, 4.69) is 15.4 Å². The van der Waals surface area contributed by atoms with Crippen LogP contribution in [0.2, 0.25) is 0 Å². The highest BCUT2D eigenvalue weighted by molar-refractivity contribution is 7.99. The first kappa shape index (κ1) is 19.8. The second kappa shape index (κ2) is 9.79. The van der Waals surface area contributed by atoms with E-state index in [-0.39, 0.29) is 35.9 Å². The molecule has 130 valence electrons. The SMILES string of the molecule is COc1ccc(CCNC(=O)C2CSCN2)cc1OC(F)F.Cl. The fourth-order valence-corrected chi connectivity index (χ4v) is 3.02. The number of halogens is 3. The number of amides is 1. The number of rotatable bonds is 7. The van der Waals surface area contributed by atoms with Crippen LogP contribution in [0, 0.1) is 0 Å². The average Bonchev–Trinajstić information content (AvgIpc) is 3.01. The van der Waals surface area contributed by atoms with E-state index >= 15 is 0 Å². The highest BCUT2D eigenvalue weighted by Gasteiger charge is 2.21. The van der Waals surface area contributed by atoms with Gasteiger partial charge in [-0.05, 0) is 24.1 Å². The Bertz CT molecular complexity index is 517. The van der Waals surface area contributed by atoms with Crippen LogP contribution in [0.5, 0.6) is 11.5 Å². The van der Waals surface area contributed by atoms with E-state index in [1.54, 1.807) is 23.9 Å². The van der Waals surface area contributed by atoms with Crippen LogP contribution < -0.4 is 20.1 Å². The fourth-order valence-electron chi connectivity index (χ4n) is 2.08. The van der Waals surface area contributed by atoms with Crippen LogP contribution in [0.1, 0.15) is 5.56 Å². The number of methoxy groups -OCH3 is 1. The molecule has 1 unspecified atom stereocenters. The zero-order valence-corrected chi connectivity index (χ0v) is 14.1. The number of carbonyl (C=O) groups is 1. The van der Waals surface area contributed by atoms with E-state index in [1.807, 2.05) is 0 Å². The number of benzene rings is 1. The number of thioether (sulfide) groups is 1. The monoisotopic (exact) mass is 368 g/mol. The van der Waals surface area contributed by atoms with Gasteiger partial charge < -0.3 is 14.8 Å². The molecule has 23 heavy (non-hydrogen) atoms. The van der Waals surface area contributed by atoms with Gasteiger partial charge in [-0.3, -0.25) is 10.1 Å². The average molecular weight is 369 g/mol. The van der Waals surface area contributed by atoms with Crippen LogP contribution in [0.3, 0.4) is 0 Å². The topological polar surface area (TPSA) is 59.6 Å². The minimum absolute atomic E-state index is 0. The molecule has 0 aromatic heterocycles. The normalized spacial score (nSPS) is 16.8. The molecule has 1 aliphatic heterocycles. The van der Waals surface area contributed by atoms with Gasteiger partial charge in [-0.25, -0.2) is 0 Å². The van der Waals surface area contributed by atoms with Gasteiger partial charge in [0.1, 0.15) is 0 Å². The first-order chi connectivity index (χ1) is 10.6. The Balaban J connectivity index is 0.00000264. The number of carbonyl (C=O) groups excluding carboxylic acids is 1. The Hall–Kier alpha value is -1.25. The molecule has 2 rings (SSSR count). The lowest BCUT2D eigenvalue weighted by molar-refractivity contribution is -0.122. The first-order valence-corrected chi connectivity index (χ1v) is 7.96. The van der Waals surface area contributed by atoms with E-state index in [0.29, 0.717) is 13.0 Å². The Labute approximate surface area is 143 Å². The van der Waals surface area contributed by atoms with Gasteiger partial charge in [0.15, 0.2) is 11.5 Å². The fraction of sp³-hybridized carbons (Fsp3) is 0.500. The van der Waals surface area contributed by atoms with Crippen LogP contribution in [-0.4, -0.2) is 43.8 Å². The van der Waals surface area contributed by atoms with Gasteiger partial charge in [-0.15, -0.1) is 24.2 Å². The van der Waals surface area contributed by atoms with Crippen molar-refractivity contribution >= 4 is 30.1 Å². The van der Waals surface area contributed by atoms with E-state index in [0.717, 1.165) is 17.2 Å². The third-order valence-corrected chi connectivity index (χ3v) is 4.13. The summed E-state index contributed by atoms with van der Waals surface area (Å²) in [5, 5.41) is 5.91. The molecule has 0 radical (unpaired) electrons. The lowest BCUT2D eigenvalue weighted by atomic mass is 10.1. The molecule has 1 saturated heterocycles. The number of nitrogens with one attached hydrogen (secondary N) is 2. The smallest absolute Gasteiger partial charge is 0.387 e. The minimum atomic E-state index is -2.91. The molecule has 1 heterocycles. The third-order valence-electron chi connectivity index (χ3n) is 3.19. The maximum Gasteiger partial charge on any atom is 0.387 e. The number of ether oxygens (including phenoxy) is 2. The molecule has 0 bridgehead atoms. The molecule has 1 aliphatic rings. The molecule has 1 fully saturated rings. The summed E-state index contributed by atoms with van der Waals surface area (Å²) in [6, 6.07) is 4.68. The Morgan fingerprint density at radius 3 is 2.87 bits per heavy atom. The predicted molar refractivity (Wildman–Crippen MR) is 87.8 cm³/mol. The molecule has 1 aromatic carbocycles. The zero-order valence-electron chi connectivity index (χ0n) is 12.5. The predicted octanol–water partition coefficient (Wildman–Crippen LogP) is 2.04. The van der Waals surface area contributed by atoms with Gasteiger partial charge in [0.05, 0.1) is 13.2 Å². The Morgan fingerprint density at radius 2 is 2.26 bits per heavy atom. The van der Waals surface area contributed by atoms with Gasteiger partial charge in [-0.2, -0.15) is 8.78 Å². The van der Waals surface area contributed by atoms with Crippen LogP contribution in [0.4, 0.5) is 8.78 Å². The number of hydrogen-bond acceptors (Lipinski definition) is 5. The van der Waals surface area contributed by atoms with Gasteiger partial charge >= 0.3 is 6.61 Å². The van der Waals surface area contributed by atoms with Gasteiger partial charge in [0.2, 0.25) is 5.91 Å². The summed E-state index contributed by atoms with van der Waals surface area (Å²) < 4.78 is 34.1. The Morgan fingerprint density at radius 1 is 1.48 bits per heavy atom. The van der Waals surface area contributed by atoms with Crippen LogP contribution in [0.15, 0.2) is 18.2 Å². The molecule has 0 spiro atoms. The summed E-state index contributed by atoms with van der Waals surface area (Å²) in [4.78, 5) is 11.8. The molecular weight excluding hydrogens is 350 g/mol. The summed E-state index contributed by atoms with van der Waals surface area (Å²) in [5.41, 5.74) is 0.783. The molecule has 1 atom stereocenters. The summed E-state index contributed by atoms with van der Waals surface area (Å²) in [7, 11) is 1.39. The summed E-state index contributed by atoms with van der Waals surface area (Å²) >= 11 is 1.68. The van der Waals surface area contributed by atoms with Gasteiger partial charge in [0, 0.05) is 18.2 Å². The summed E-state index contributed by atoms with van der Waals surface area (Å²) in [6.07, 6.45) is 0.523. The quantitative estimate of drug-likeness (QED) is 0.771. The molecule has 0 saturated carbocycles. The molecule has 5 nitrogen and oxygen atoms in total. The van der Waals surface area contributed by atoms with Crippen molar-refractivity contribution in [3.05, 3.63) is 23.8 Å². The highest BCUT2D eigenvalue weighted by Crippen LogP contribution is 2.29. The lowest BCUT2D eigenvalue weighted by Gasteiger charge is -2.13. The van der Waals surface area contributed by atoms with E-state index in [1.165, 1.54) is 13.2 Å². The maximum absolute atomic E-state index is 12.4. The molecule has 1 amide bonds. The number of hydrogen-bond donors (Lipinski definition) is 2. The molecule has 2 N–H and O–H groups in total. The molecule has 0 aliphatic carbocycles. The van der Waals surface area contributed by atoms with Crippen LogP contribution >= 0.6 is 24.2 Å². The van der Waals surface area contributed by atoms with Crippen molar-refractivity contribution in [3.63, 3.8) is 0 Å². The van der Waals surface area contributed by atoms with E-state index in [9.17, 15) is 13.6 Å². The second-order valence-corrected chi connectivity index (χ2v) is 5.71. The largest absolute Gasteiger partial charge is 0.493 e. The van der Waals surface area contributed by atoms with Crippen LogP contribution in [0.25, 0.3) is 0 Å². The maximum atomic E-state index is 12.4. The third kappa shape index (κ3) is 6.04. The van der Waals surface area contributed by atoms with Gasteiger partial charge in [-0.1, -0.05) is 6.07 Å². The standard InChI is InChI=1S/C14H18F2N2O3S.ClH/c1-20-11-3-2-9(6-12(11)21-14(15)16)4-5-17-13(19)10-7-22-8-18-10;/h2-3,6,10,14,18H,4-5,7-8H2,1H3,(H,17,19);1H. The van der Waals surface area contributed by atoms with Crippen molar-refractivity contribution in [2.75, 3.05) is 25.3 Å². The molecule has 1 aromatic rings. The highest BCUT2D eigenvalue weighted by atomic mass is 35.5. The van der Waals surface area contributed by atoms with Crippen molar-refractivity contribution in [1.29, 1.82) is 0 Å². The zero-order chi connectivity index (χ0) is 15.9. The minimum Gasteiger partial charge on any atom is -0.493 e. The van der Waals surface area contributed by atoms with Crippen molar-refractivity contribution in [2.45, 2.75) is 19.1 Å². The second-order valence-electron chi connectivity index (χ2n) is 4.68. The lowest BCUT2D eigenvalue weighted by Crippen LogP contribution is -2.42. The molecular formula is C14H19ClF2N2O3S. The van der Waals surface area contributed by atoms with Crippen molar-refractivity contribution in [1.82, 2.24) is 10.6 Å². The van der Waals surface area contributed by atoms with Crippen molar-refractivity contribution < 1.29 is 23.0 Å². The van der Waals surface area contributed by atoms with Crippen molar-refractivity contribution in [2.24, 2.45) is 0 Å². The van der Waals surface area contributed by atoms with Crippen LogP contribution in [-0.2, 0) is 11.2 Å². The molecule has 9 heteroatoms.